The molecule has 1 fully saturated rings. The predicted octanol–water partition coefficient (Wildman–Crippen LogP) is 2.82. The number of nitrogens with one attached hydrogen (secondary N) is 1. The van der Waals surface area contributed by atoms with Gasteiger partial charge < -0.3 is 14.6 Å². The zero-order chi connectivity index (χ0) is 16.2. The predicted molar refractivity (Wildman–Crippen MR) is 88.1 cm³/mol. The third-order valence-electron chi connectivity index (χ3n) is 4.58. The van der Waals surface area contributed by atoms with Crippen LogP contribution in [-0.2, 0) is 11.8 Å². The van der Waals surface area contributed by atoms with Crippen LogP contribution in [0.4, 0.5) is 0 Å². The number of hydrogen-bond acceptors (Lipinski definition) is 3. The van der Waals surface area contributed by atoms with Gasteiger partial charge >= 0.3 is 0 Å². The van der Waals surface area contributed by atoms with Gasteiger partial charge in [-0.15, -0.1) is 0 Å². The van der Waals surface area contributed by atoms with Gasteiger partial charge in [0.15, 0.2) is 0 Å². The van der Waals surface area contributed by atoms with E-state index in [-0.39, 0.29) is 17.9 Å². The number of nitrogens with zero attached hydrogens (tertiary/aromatic N) is 2. The van der Waals surface area contributed by atoms with E-state index in [1.54, 1.807) is 13.3 Å². The number of aryl methyl sites for hydroxylation is 1. The van der Waals surface area contributed by atoms with Gasteiger partial charge in [0.25, 0.3) is 0 Å². The molecule has 1 amide bonds. The molecular formula is C18H23N3O2. The smallest absolute Gasteiger partial charge is 0.223 e. The Kier molecular flexibility index (Phi) is 4.65. The van der Waals surface area contributed by atoms with E-state index < -0.39 is 0 Å². The molecular weight excluding hydrogens is 290 g/mol. The molecule has 1 aliphatic rings. The molecule has 0 unspecified atom stereocenters. The molecule has 122 valence electrons. The van der Waals surface area contributed by atoms with Gasteiger partial charge in [-0.25, -0.2) is 4.98 Å². The quantitative estimate of drug-likeness (QED) is 0.923. The first-order valence-electron chi connectivity index (χ1n) is 8.10. The summed E-state index contributed by atoms with van der Waals surface area (Å²) in [7, 11) is 3.59. The SMILES string of the molecule is COc1ccc([C@@H](NC(=O)C2CCCC2)c2nccn2C)cc1. The summed E-state index contributed by atoms with van der Waals surface area (Å²) in [6.45, 7) is 0. The fraction of sp³-hybridized carbons (Fsp3) is 0.444. The summed E-state index contributed by atoms with van der Waals surface area (Å²) in [5.41, 5.74) is 1.01. The third kappa shape index (κ3) is 3.38. The molecule has 1 saturated carbocycles. The molecule has 0 aliphatic heterocycles. The summed E-state index contributed by atoms with van der Waals surface area (Å²) < 4.78 is 7.17. The average molecular weight is 313 g/mol. The van der Waals surface area contributed by atoms with Gasteiger partial charge in [-0.3, -0.25) is 4.79 Å². The summed E-state index contributed by atoms with van der Waals surface area (Å²) in [6, 6.07) is 7.54. The normalized spacial score (nSPS) is 16.3. The lowest BCUT2D eigenvalue weighted by molar-refractivity contribution is -0.125. The van der Waals surface area contributed by atoms with E-state index in [9.17, 15) is 4.79 Å². The Morgan fingerprint density at radius 3 is 2.57 bits per heavy atom. The Labute approximate surface area is 136 Å². The summed E-state index contributed by atoms with van der Waals surface area (Å²) >= 11 is 0. The number of imidazole rings is 1. The first kappa shape index (κ1) is 15.6. The highest BCUT2D eigenvalue weighted by Crippen LogP contribution is 2.28. The first-order valence-corrected chi connectivity index (χ1v) is 8.10. The van der Waals surface area contributed by atoms with Crippen molar-refractivity contribution in [1.82, 2.24) is 14.9 Å². The number of aromatic nitrogens is 2. The molecule has 1 aliphatic carbocycles. The van der Waals surface area contributed by atoms with Gasteiger partial charge in [-0.05, 0) is 30.5 Å². The van der Waals surface area contributed by atoms with E-state index in [0.29, 0.717) is 0 Å². The van der Waals surface area contributed by atoms with Crippen molar-refractivity contribution in [3.63, 3.8) is 0 Å². The summed E-state index contributed by atoms with van der Waals surface area (Å²) in [5.74, 6) is 1.90. The van der Waals surface area contributed by atoms with Crippen molar-refractivity contribution < 1.29 is 9.53 Å². The molecule has 23 heavy (non-hydrogen) atoms. The van der Waals surface area contributed by atoms with E-state index >= 15 is 0 Å². The van der Waals surface area contributed by atoms with E-state index in [2.05, 4.69) is 10.3 Å². The van der Waals surface area contributed by atoms with E-state index in [1.165, 1.54) is 0 Å². The Morgan fingerprint density at radius 1 is 1.30 bits per heavy atom. The van der Waals surface area contributed by atoms with Crippen LogP contribution in [0.15, 0.2) is 36.7 Å². The highest BCUT2D eigenvalue weighted by molar-refractivity contribution is 5.79. The molecule has 1 heterocycles. The maximum Gasteiger partial charge on any atom is 0.223 e. The highest BCUT2D eigenvalue weighted by Gasteiger charge is 2.27. The molecule has 0 bridgehead atoms. The number of carbonyl (C=O) groups is 1. The number of rotatable bonds is 5. The molecule has 1 atom stereocenters. The van der Waals surface area contributed by atoms with Crippen molar-refractivity contribution in [3.8, 4) is 5.75 Å². The topological polar surface area (TPSA) is 56.1 Å². The zero-order valence-electron chi connectivity index (χ0n) is 13.7. The number of methoxy groups -OCH3 is 1. The number of hydrogen-bond donors (Lipinski definition) is 1. The van der Waals surface area contributed by atoms with E-state index in [1.807, 2.05) is 42.1 Å². The Bertz CT molecular complexity index is 657. The minimum atomic E-state index is -0.242. The lowest BCUT2D eigenvalue weighted by Crippen LogP contribution is -2.34. The standard InChI is InChI=1S/C18H23N3O2/c1-21-12-11-19-17(21)16(13-7-9-15(23-2)10-8-13)20-18(22)14-5-3-4-6-14/h7-12,14,16H,3-6H2,1-2H3,(H,20,22)/t16-/m1/s1. The Morgan fingerprint density at radius 2 is 2.00 bits per heavy atom. The van der Waals surface area contributed by atoms with Gasteiger partial charge in [-0.2, -0.15) is 0 Å². The number of amides is 1. The number of benzene rings is 1. The molecule has 0 saturated heterocycles. The molecule has 1 aromatic heterocycles. The van der Waals surface area contributed by atoms with Crippen LogP contribution in [-0.4, -0.2) is 22.6 Å². The number of carbonyl (C=O) groups excluding carboxylic acids is 1. The maximum absolute atomic E-state index is 12.6. The molecule has 5 heteroatoms. The van der Waals surface area contributed by atoms with E-state index in [0.717, 1.165) is 42.8 Å². The molecule has 5 nitrogen and oxygen atoms in total. The summed E-state index contributed by atoms with van der Waals surface area (Å²) in [6.07, 6.45) is 7.92. The van der Waals surface area contributed by atoms with Crippen molar-refractivity contribution >= 4 is 5.91 Å². The van der Waals surface area contributed by atoms with Crippen LogP contribution in [0.3, 0.4) is 0 Å². The van der Waals surface area contributed by atoms with Crippen molar-refractivity contribution in [2.75, 3.05) is 7.11 Å². The fourth-order valence-corrected chi connectivity index (χ4v) is 3.20. The molecule has 1 N–H and O–H groups in total. The third-order valence-corrected chi connectivity index (χ3v) is 4.58. The Balaban J connectivity index is 1.86. The van der Waals surface area contributed by atoms with E-state index in [4.69, 9.17) is 4.74 Å². The molecule has 2 aromatic rings. The minimum absolute atomic E-state index is 0.131. The molecule has 3 rings (SSSR count). The van der Waals surface area contributed by atoms with Crippen LogP contribution in [0.5, 0.6) is 5.75 Å². The average Bonchev–Trinajstić information content (AvgIpc) is 3.24. The van der Waals surface area contributed by atoms with Crippen molar-refractivity contribution in [2.45, 2.75) is 31.7 Å². The maximum atomic E-state index is 12.6. The van der Waals surface area contributed by atoms with Crippen molar-refractivity contribution in [3.05, 3.63) is 48.0 Å². The van der Waals surface area contributed by atoms with Crippen LogP contribution in [0.1, 0.15) is 43.1 Å². The lowest BCUT2D eigenvalue weighted by atomic mass is 10.0. The molecule has 0 spiro atoms. The van der Waals surface area contributed by atoms with Gasteiger partial charge in [0.1, 0.15) is 17.6 Å². The zero-order valence-corrected chi connectivity index (χ0v) is 13.7. The van der Waals surface area contributed by atoms with Crippen LogP contribution < -0.4 is 10.1 Å². The monoisotopic (exact) mass is 313 g/mol. The van der Waals surface area contributed by atoms with Crippen LogP contribution >= 0.6 is 0 Å². The first-order chi connectivity index (χ1) is 11.2. The van der Waals surface area contributed by atoms with Crippen molar-refractivity contribution in [2.24, 2.45) is 13.0 Å². The van der Waals surface area contributed by atoms with Crippen molar-refractivity contribution in [1.29, 1.82) is 0 Å². The van der Waals surface area contributed by atoms with Gasteiger partial charge in [-0.1, -0.05) is 25.0 Å². The van der Waals surface area contributed by atoms with Gasteiger partial charge in [0, 0.05) is 25.4 Å². The summed E-state index contributed by atoms with van der Waals surface area (Å²) in [4.78, 5) is 17.0. The summed E-state index contributed by atoms with van der Waals surface area (Å²) in [5, 5.41) is 3.19. The second-order valence-corrected chi connectivity index (χ2v) is 6.09. The van der Waals surface area contributed by atoms with Crippen LogP contribution in [0.2, 0.25) is 0 Å². The largest absolute Gasteiger partial charge is 0.497 e. The molecule has 1 aromatic carbocycles. The Hall–Kier alpha value is -2.30. The highest BCUT2D eigenvalue weighted by atomic mass is 16.5. The minimum Gasteiger partial charge on any atom is -0.497 e. The second kappa shape index (κ2) is 6.86. The van der Waals surface area contributed by atoms with Crippen LogP contribution in [0.25, 0.3) is 0 Å². The van der Waals surface area contributed by atoms with Crippen LogP contribution in [0, 0.1) is 5.92 Å². The second-order valence-electron chi connectivity index (χ2n) is 6.09. The fourth-order valence-electron chi connectivity index (χ4n) is 3.20. The van der Waals surface area contributed by atoms with Gasteiger partial charge in [0.05, 0.1) is 7.11 Å². The molecule has 0 radical (unpaired) electrons. The van der Waals surface area contributed by atoms with Gasteiger partial charge in [0.2, 0.25) is 5.91 Å². The lowest BCUT2D eigenvalue weighted by Gasteiger charge is -2.21. The number of ether oxygens (including phenoxy) is 1.